The van der Waals surface area contributed by atoms with Crippen molar-refractivity contribution in [3.63, 3.8) is 0 Å². The molecule has 0 saturated carbocycles. The summed E-state index contributed by atoms with van der Waals surface area (Å²) in [5.74, 6) is 1.57. The fourth-order valence-electron chi connectivity index (χ4n) is 9.36. The predicted molar refractivity (Wildman–Crippen MR) is 246 cm³/mol. The highest BCUT2D eigenvalue weighted by atomic mass is 28.3. The van der Waals surface area contributed by atoms with E-state index in [4.69, 9.17) is 9.72 Å². The molecule has 59 heavy (non-hydrogen) atoms. The molecule has 0 unspecified atom stereocenters. The Morgan fingerprint density at radius 2 is 0.983 bits per heavy atom. The van der Waals surface area contributed by atoms with Crippen LogP contribution in [0.15, 0.2) is 225 Å². The van der Waals surface area contributed by atoms with Crippen LogP contribution in [0, 0.1) is 0 Å². The van der Waals surface area contributed by atoms with Gasteiger partial charge in [0, 0.05) is 34.6 Å². The van der Waals surface area contributed by atoms with Gasteiger partial charge < -0.3 is 14.5 Å². The van der Waals surface area contributed by atoms with Gasteiger partial charge in [-0.3, -0.25) is 4.98 Å². The van der Waals surface area contributed by atoms with E-state index in [1.54, 1.807) is 0 Å². The highest BCUT2D eigenvalue weighted by Gasteiger charge is 2.49. The lowest BCUT2D eigenvalue weighted by Gasteiger charge is -2.31. The molecule has 8 aromatic carbocycles. The minimum absolute atomic E-state index is 0.638. The van der Waals surface area contributed by atoms with E-state index in [2.05, 4.69) is 222 Å². The summed E-state index contributed by atoms with van der Waals surface area (Å²) in [5, 5.41) is 5.35. The zero-order valence-electron chi connectivity index (χ0n) is 32.3. The molecule has 2 aliphatic heterocycles. The number of hydrogen-bond acceptors (Lipinski definition) is 4. The number of para-hydroxylation sites is 3. The number of ether oxygens (including phenoxy) is 1. The van der Waals surface area contributed by atoms with Crippen LogP contribution in [0.25, 0.3) is 33.5 Å². The molecule has 0 amide bonds. The fourth-order valence-corrected chi connectivity index (χ4v) is 14.4. The zero-order chi connectivity index (χ0) is 39.2. The Balaban J connectivity index is 0.975. The van der Waals surface area contributed by atoms with Crippen LogP contribution in [-0.2, 0) is 0 Å². The smallest absolute Gasteiger partial charge is 0.182 e. The van der Waals surface area contributed by atoms with Crippen molar-refractivity contribution in [3.05, 3.63) is 225 Å². The van der Waals surface area contributed by atoms with Crippen molar-refractivity contribution >= 4 is 51.6 Å². The molecule has 0 radical (unpaired) electrons. The number of rotatable bonds is 8. The van der Waals surface area contributed by atoms with Crippen molar-refractivity contribution in [2.75, 3.05) is 16.5 Å². The molecule has 5 heteroatoms. The van der Waals surface area contributed by atoms with E-state index in [0.717, 1.165) is 39.8 Å². The van der Waals surface area contributed by atoms with Crippen LogP contribution in [0.2, 0.25) is 0 Å². The Kier molecular flexibility index (Phi) is 8.53. The molecule has 1 aromatic heterocycles. The normalized spacial score (nSPS) is 13.4. The van der Waals surface area contributed by atoms with Gasteiger partial charge in [-0.1, -0.05) is 170 Å². The quantitative estimate of drug-likeness (QED) is 0.144. The summed E-state index contributed by atoms with van der Waals surface area (Å²) in [6, 6.07) is 78.3. The van der Waals surface area contributed by atoms with Crippen LogP contribution in [0.3, 0.4) is 0 Å². The van der Waals surface area contributed by atoms with Gasteiger partial charge in [0.15, 0.2) is 8.07 Å². The predicted octanol–water partition coefficient (Wildman–Crippen LogP) is 10.8. The molecular weight excluding hydrogens is 735 g/mol. The van der Waals surface area contributed by atoms with Crippen LogP contribution >= 0.6 is 0 Å². The first-order valence-corrected chi connectivity index (χ1v) is 22.1. The SMILES string of the molecule is c1ccc(-c2cccc(-c3ccccc3)c2N2CN(c3cccc(Oc4ccc5c(c4)-c4ncccc4[Si]5(c4ccccc4)c4ccccc4)c3)c3ccccc32)cc1. The average molecular weight is 774 g/mol. The van der Waals surface area contributed by atoms with E-state index in [1.807, 2.05) is 12.3 Å². The maximum Gasteiger partial charge on any atom is 0.182 e. The standard InChI is InChI=1S/C54H39N3OSi/c1-5-18-39(19-6-1)46-28-16-29-47(40-20-7-2-8-21-40)54(46)57-38-56(49-30-13-14-31-50(49)57)41-22-15-23-42(36-41)58-43-33-34-51-48(37-43)53-52(32-17-35-55-53)59(51,44-24-9-3-10-25-44)45-26-11-4-12-27-45/h1-37H,38H2. The van der Waals surface area contributed by atoms with Crippen molar-refractivity contribution in [1.29, 1.82) is 0 Å². The van der Waals surface area contributed by atoms with Crippen molar-refractivity contribution in [2.24, 2.45) is 0 Å². The summed E-state index contributed by atoms with van der Waals surface area (Å²) < 4.78 is 6.80. The Hall–Kier alpha value is -7.47. The van der Waals surface area contributed by atoms with Gasteiger partial charge in [0.1, 0.15) is 18.2 Å². The second-order valence-electron chi connectivity index (χ2n) is 15.1. The topological polar surface area (TPSA) is 28.6 Å². The van der Waals surface area contributed by atoms with Crippen molar-refractivity contribution in [3.8, 4) is 45.0 Å². The number of aromatic nitrogens is 1. The maximum atomic E-state index is 6.80. The number of anilines is 4. The Morgan fingerprint density at radius 3 is 1.63 bits per heavy atom. The van der Waals surface area contributed by atoms with Crippen LogP contribution < -0.4 is 35.3 Å². The van der Waals surface area contributed by atoms with Crippen LogP contribution in [-0.4, -0.2) is 19.7 Å². The highest BCUT2D eigenvalue weighted by molar-refractivity contribution is 7.22. The third-order valence-corrected chi connectivity index (χ3v) is 16.7. The zero-order valence-corrected chi connectivity index (χ0v) is 33.3. The van der Waals surface area contributed by atoms with E-state index >= 15 is 0 Å². The van der Waals surface area contributed by atoms with Gasteiger partial charge in [-0.05, 0) is 74.3 Å². The highest BCUT2D eigenvalue weighted by Crippen LogP contribution is 2.50. The summed E-state index contributed by atoms with van der Waals surface area (Å²) in [5.41, 5.74) is 11.5. The molecule has 11 rings (SSSR count). The average Bonchev–Trinajstić information content (AvgIpc) is 3.84. The lowest BCUT2D eigenvalue weighted by molar-refractivity contribution is 0.483. The monoisotopic (exact) mass is 773 g/mol. The van der Waals surface area contributed by atoms with Gasteiger partial charge in [-0.2, -0.15) is 0 Å². The number of benzene rings is 8. The minimum atomic E-state index is -2.62. The Labute approximate surface area is 345 Å². The van der Waals surface area contributed by atoms with E-state index in [0.29, 0.717) is 6.67 Å². The molecule has 0 aliphatic carbocycles. The lowest BCUT2D eigenvalue weighted by Crippen LogP contribution is -2.72. The molecule has 0 N–H and O–H groups in total. The van der Waals surface area contributed by atoms with E-state index < -0.39 is 8.07 Å². The van der Waals surface area contributed by atoms with E-state index in [-0.39, 0.29) is 0 Å². The molecule has 9 aromatic rings. The maximum absolute atomic E-state index is 6.80. The second kappa shape index (κ2) is 14.5. The molecule has 0 saturated heterocycles. The van der Waals surface area contributed by atoms with Crippen molar-refractivity contribution in [2.45, 2.75) is 0 Å². The van der Waals surface area contributed by atoms with Crippen LogP contribution in [0.1, 0.15) is 0 Å². The molecule has 280 valence electrons. The summed E-state index contributed by atoms with van der Waals surface area (Å²) in [6.07, 6.45) is 1.91. The third kappa shape index (κ3) is 5.78. The first-order valence-electron chi connectivity index (χ1n) is 20.1. The largest absolute Gasteiger partial charge is 0.457 e. The van der Waals surface area contributed by atoms with Gasteiger partial charge in [-0.25, -0.2) is 0 Å². The molecule has 0 atom stereocenters. The lowest BCUT2D eigenvalue weighted by atomic mass is 9.95. The van der Waals surface area contributed by atoms with Gasteiger partial charge >= 0.3 is 0 Å². The molecule has 3 heterocycles. The number of nitrogens with zero attached hydrogens (tertiary/aromatic N) is 3. The molecule has 0 fully saturated rings. The van der Waals surface area contributed by atoms with E-state index in [9.17, 15) is 0 Å². The van der Waals surface area contributed by atoms with Gasteiger partial charge in [0.2, 0.25) is 0 Å². The summed E-state index contributed by atoms with van der Waals surface area (Å²) in [4.78, 5) is 9.89. The second-order valence-corrected chi connectivity index (χ2v) is 18.8. The van der Waals surface area contributed by atoms with Crippen LogP contribution in [0.4, 0.5) is 22.7 Å². The molecule has 4 nitrogen and oxygen atoms in total. The first kappa shape index (κ1) is 34.7. The fraction of sp³-hybridized carbons (Fsp3) is 0.0185. The Bertz CT molecular complexity index is 2860. The number of fused-ring (bicyclic) bond motifs is 4. The molecule has 2 aliphatic rings. The minimum Gasteiger partial charge on any atom is -0.457 e. The van der Waals surface area contributed by atoms with Gasteiger partial charge in [0.25, 0.3) is 0 Å². The molecule has 0 bridgehead atoms. The summed E-state index contributed by atoms with van der Waals surface area (Å²) in [6.45, 7) is 0.638. The molecular formula is C54H39N3OSi. The van der Waals surface area contributed by atoms with Gasteiger partial charge in [-0.15, -0.1) is 0 Å². The number of hydrogen-bond donors (Lipinski definition) is 0. The van der Waals surface area contributed by atoms with Gasteiger partial charge in [0.05, 0.1) is 22.8 Å². The van der Waals surface area contributed by atoms with E-state index in [1.165, 1.54) is 48.7 Å². The third-order valence-electron chi connectivity index (χ3n) is 11.9. The summed E-state index contributed by atoms with van der Waals surface area (Å²) in [7, 11) is -2.62. The number of pyridine rings is 1. The van der Waals surface area contributed by atoms with Crippen molar-refractivity contribution < 1.29 is 4.74 Å². The summed E-state index contributed by atoms with van der Waals surface area (Å²) >= 11 is 0. The first-order chi connectivity index (χ1) is 29.3. The van der Waals surface area contributed by atoms with Crippen LogP contribution in [0.5, 0.6) is 11.5 Å². The molecule has 0 spiro atoms. The van der Waals surface area contributed by atoms with Crippen molar-refractivity contribution in [1.82, 2.24) is 4.98 Å². The Morgan fingerprint density at radius 1 is 0.424 bits per heavy atom.